The average molecular weight is 826 g/mol. The third kappa shape index (κ3) is 5.29. The number of ketones is 1. The zero-order chi connectivity index (χ0) is 40.9. The highest BCUT2D eigenvalue weighted by atomic mass is 35.5. The quantitative estimate of drug-likeness (QED) is 0.0390. The number of hydrogen-bond donors (Lipinski definition) is 1. The van der Waals surface area contributed by atoms with Gasteiger partial charge in [0, 0.05) is 17.0 Å². The van der Waals surface area contributed by atoms with Crippen molar-refractivity contribution in [3.05, 3.63) is 130 Å². The van der Waals surface area contributed by atoms with Crippen molar-refractivity contribution < 1.29 is 55.8 Å². The van der Waals surface area contributed by atoms with E-state index in [1.54, 1.807) is 43.3 Å². The van der Waals surface area contributed by atoms with Crippen LogP contribution >= 0.6 is 23.2 Å². The first-order valence-electron chi connectivity index (χ1n) is 17.6. The Morgan fingerprint density at radius 3 is 2.04 bits per heavy atom. The Morgan fingerprint density at radius 2 is 1.40 bits per heavy atom. The summed E-state index contributed by atoms with van der Waals surface area (Å²) >= 11 is 14.4. The van der Waals surface area contributed by atoms with Crippen LogP contribution in [0.5, 0.6) is 11.5 Å². The van der Waals surface area contributed by atoms with Gasteiger partial charge in [0.05, 0.1) is 24.1 Å². The minimum atomic E-state index is -2.74. The van der Waals surface area contributed by atoms with E-state index in [0.717, 1.165) is 4.90 Å². The van der Waals surface area contributed by atoms with Gasteiger partial charge < -0.3 is 9.84 Å². The molecule has 2 aliphatic carbocycles. The van der Waals surface area contributed by atoms with Crippen molar-refractivity contribution in [2.45, 2.75) is 35.4 Å². The molecule has 0 bridgehead atoms. The van der Waals surface area contributed by atoms with Crippen molar-refractivity contribution in [1.29, 1.82) is 0 Å². The average Bonchev–Trinajstić information content (AvgIpc) is 3.55. The summed E-state index contributed by atoms with van der Waals surface area (Å²) in [6, 6.07) is 18.0. The molecular formula is C41H27Cl2F5N2O7. The van der Waals surface area contributed by atoms with E-state index in [2.05, 4.69) is 0 Å². The number of allylic oxidation sites excluding steroid dienone is 2. The van der Waals surface area contributed by atoms with Crippen LogP contribution in [0.15, 0.2) is 84.4 Å². The van der Waals surface area contributed by atoms with Crippen LogP contribution in [-0.2, 0) is 19.2 Å². The predicted molar refractivity (Wildman–Crippen MR) is 195 cm³/mol. The highest BCUT2D eigenvalue weighted by Crippen LogP contribution is 2.66. The fourth-order valence-electron chi connectivity index (χ4n) is 8.69. The molecule has 3 fully saturated rings. The van der Waals surface area contributed by atoms with E-state index in [4.69, 9.17) is 27.9 Å². The van der Waals surface area contributed by atoms with Crippen LogP contribution in [0.1, 0.15) is 47.2 Å². The molecule has 4 aromatic carbocycles. The van der Waals surface area contributed by atoms with Crippen LogP contribution in [-0.4, -0.2) is 50.9 Å². The fraction of sp³-hybridized carbons (Fsp3) is 0.244. The number of phenolic OH excluding ortho intramolecular Hbond substituents is 1. The van der Waals surface area contributed by atoms with Crippen LogP contribution in [0.4, 0.5) is 33.3 Å². The number of fused-ring (bicyclic) bond motifs is 4. The highest BCUT2D eigenvalue weighted by Gasteiger charge is 2.77. The Bertz CT molecular complexity index is 2460. The predicted octanol–water partition coefficient (Wildman–Crippen LogP) is 7.49. The monoisotopic (exact) mass is 824 g/mol. The van der Waals surface area contributed by atoms with Gasteiger partial charge in [0.25, 0.3) is 11.8 Å². The van der Waals surface area contributed by atoms with Gasteiger partial charge in [-0.15, -0.1) is 23.2 Å². The van der Waals surface area contributed by atoms with Crippen molar-refractivity contribution in [3.63, 3.8) is 0 Å². The van der Waals surface area contributed by atoms with Gasteiger partial charge in [-0.25, -0.2) is 26.9 Å². The number of carbonyl (C=O) groups is 5. The molecule has 1 N–H and O–H groups in total. The lowest BCUT2D eigenvalue weighted by molar-refractivity contribution is -0.125. The van der Waals surface area contributed by atoms with Crippen molar-refractivity contribution in [1.82, 2.24) is 0 Å². The second-order valence-electron chi connectivity index (χ2n) is 14.1. The van der Waals surface area contributed by atoms with Crippen molar-refractivity contribution in [2.24, 2.45) is 17.8 Å². The van der Waals surface area contributed by atoms with Crippen molar-refractivity contribution in [3.8, 4) is 11.5 Å². The largest absolute Gasteiger partial charge is 0.504 e. The topological polar surface area (TPSA) is 121 Å². The Balaban J connectivity index is 1.25. The maximum Gasteiger partial charge on any atom is 0.258 e. The van der Waals surface area contributed by atoms with Crippen LogP contribution in [0.25, 0.3) is 0 Å². The molecule has 0 spiro atoms. The standard InChI is InChI=1S/C41H27Cl2F5N2O7/c1-2-57-26-16-20(10-15-25(26)51)28-22-13-14-23-27(37(54)49(36(23)53)21-11-8-19(9-12-21)35(52)18-6-4-3-5-7-18)24(22)17-40(42)38(55)50(39(56)41(28,40)43)34-32(47)30(45)29(44)31(46)33(34)48/h3-13,15-16,23-24,27-28,51H,2,14,17H2,1H3/t23-,24+,27-,28-,40+,41-/m0/s1. The van der Waals surface area contributed by atoms with Gasteiger partial charge >= 0.3 is 0 Å². The molecule has 2 aliphatic heterocycles. The van der Waals surface area contributed by atoms with E-state index >= 15 is 8.78 Å². The fourth-order valence-corrected chi connectivity index (χ4v) is 9.63. The summed E-state index contributed by atoms with van der Waals surface area (Å²) in [6.45, 7) is 1.67. The van der Waals surface area contributed by atoms with E-state index in [1.165, 1.54) is 42.5 Å². The van der Waals surface area contributed by atoms with E-state index in [9.17, 15) is 42.3 Å². The molecule has 1 saturated carbocycles. The number of alkyl halides is 2. The molecule has 2 saturated heterocycles. The Labute approximate surface area is 330 Å². The summed E-state index contributed by atoms with van der Waals surface area (Å²) in [7, 11) is 0. The number of carbonyl (C=O) groups excluding carboxylic acids is 5. The number of ether oxygens (including phenoxy) is 1. The van der Waals surface area contributed by atoms with E-state index in [1.807, 2.05) is 0 Å². The summed E-state index contributed by atoms with van der Waals surface area (Å²) in [5.74, 6) is -22.7. The normalized spacial score (nSPS) is 26.6. The molecule has 9 nitrogen and oxygen atoms in total. The van der Waals surface area contributed by atoms with E-state index in [0.29, 0.717) is 5.56 Å². The van der Waals surface area contributed by atoms with E-state index in [-0.39, 0.29) is 57.6 Å². The minimum Gasteiger partial charge on any atom is -0.504 e. The second-order valence-corrected chi connectivity index (χ2v) is 15.3. The Kier molecular flexibility index (Phi) is 9.08. The molecule has 16 heteroatoms. The maximum atomic E-state index is 15.3. The molecular weight excluding hydrogens is 798 g/mol. The first-order valence-corrected chi connectivity index (χ1v) is 18.4. The number of rotatable bonds is 7. The molecule has 0 aromatic heterocycles. The number of imide groups is 2. The minimum absolute atomic E-state index is 0.0570. The van der Waals surface area contributed by atoms with Crippen LogP contribution in [0.2, 0.25) is 0 Å². The molecule has 0 radical (unpaired) electrons. The highest BCUT2D eigenvalue weighted by molar-refractivity contribution is 6.58. The second kappa shape index (κ2) is 13.5. The lowest BCUT2D eigenvalue weighted by Gasteiger charge is -2.50. The first-order chi connectivity index (χ1) is 27.1. The Hall–Kier alpha value is -5.60. The number of amides is 4. The summed E-state index contributed by atoms with van der Waals surface area (Å²) in [4.78, 5) is 65.7. The third-order valence-corrected chi connectivity index (χ3v) is 12.7. The maximum absolute atomic E-state index is 15.3. The van der Waals surface area contributed by atoms with Crippen molar-refractivity contribution in [2.75, 3.05) is 16.4 Å². The summed E-state index contributed by atoms with van der Waals surface area (Å²) in [5.41, 5.74) is -0.763. The summed E-state index contributed by atoms with van der Waals surface area (Å²) in [6.07, 6.45) is 0.784. The van der Waals surface area contributed by atoms with Gasteiger partial charge in [0.15, 0.2) is 50.3 Å². The number of aromatic hydroxyl groups is 1. The van der Waals surface area contributed by atoms with Crippen LogP contribution in [0.3, 0.4) is 0 Å². The molecule has 4 aromatic rings. The SMILES string of the molecule is CCOc1cc([C@H]2C3=CC[C@@H]4C(=O)N(c5ccc(C(=O)c6ccccc6)cc5)C(=O)[C@@H]4[C@@H]3C[C@@]3(Cl)C(=O)N(c4c(F)c(F)c(F)c(F)c4F)C(=O)[C@@]23Cl)ccc1O. The van der Waals surface area contributed by atoms with Gasteiger partial charge in [-0.3, -0.25) is 28.9 Å². The number of benzene rings is 4. The molecule has 0 unspecified atom stereocenters. The number of anilines is 2. The zero-order valence-electron chi connectivity index (χ0n) is 29.4. The number of nitrogens with zero attached hydrogens (tertiary/aromatic N) is 2. The lowest BCUT2D eigenvalue weighted by Crippen LogP contribution is -2.60. The Morgan fingerprint density at radius 1 is 0.789 bits per heavy atom. The molecule has 2 heterocycles. The smallest absolute Gasteiger partial charge is 0.258 e. The first kappa shape index (κ1) is 38.3. The van der Waals surface area contributed by atoms with Gasteiger partial charge in [-0.05, 0) is 67.6 Å². The van der Waals surface area contributed by atoms with Gasteiger partial charge in [0.2, 0.25) is 17.6 Å². The molecule has 8 rings (SSSR count). The van der Waals surface area contributed by atoms with Gasteiger partial charge in [-0.1, -0.05) is 48.0 Å². The molecule has 292 valence electrons. The molecule has 57 heavy (non-hydrogen) atoms. The number of halogens is 7. The lowest BCUT2D eigenvalue weighted by atomic mass is 9.56. The van der Waals surface area contributed by atoms with Gasteiger partial charge in [0.1, 0.15) is 5.69 Å². The van der Waals surface area contributed by atoms with Crippen molar-refractivity contribution >= 4 is 64.0 Å². The summed E-state index contributed by atoms with van der Waals surface area (Å²) in [5, 5.41) is 10.5. The van der Waals surface area contributed by atoms with E-state index < -0.39 is 98.2 Å². The third-order valence-electron chi connectivity index (χ3n) is 11.3. The van der Waals surface area contributed by atoms with Crippen LogP contribution in [0, 0.1) is 46.8 Å². The summed E-state index contributed by atoms with van der Waals surface area (Å²) < 4.78 is 79.4. The molecule has 4 aliphatic rings. The number of hydrogen-bond acceptors (Lipinski definition) is 7. The molecule has 4 amide bonds. The molecule has 6 atom stereocenters. The van der Waals surface area contributed by atoms with Gasteiger partial charge in [-0.2, -0.15) is 0 Å². The zero-order valence-corrected chi connectivity index (χ0v) is 30.9. The number of phenols is 1. The van der Waals surface area contributed by atoms with Crippen LogP contribution < -0.4 is 14.5 Å².